The second-order valence-electron chi connectivity index (χ2n) is 6.87. The van der Waals surface area contributed by atoms with E-state index in [1.54, 1.807) is 4.31 Å². The second-order valence-corrected chi connectivity index (χ2v) is 8.84. The molecule has 0 bridgehead atoms. The van der Waals surface area contributed by atoms with Crippen molar-refractivity contribution in [2.24, 2.45) is 11.3 Å². The molecule has 1 aliphatic rings. The molecule has 0 amide bonds. The van der Waals surface area contributed by atoms with E-state index in [1.165, 1.54) is 0 Å². The van der Waals surface area contributed by atoms with Gasteiger partial charge in [0, 0.05) is 13.1 Å². The zero-order chi connectivity index (χ0) is 14.5. The van der Waals surface area contributed by atoms with Crippen molar-refractivity contribution in [2.75, 3.05) is 31.9 Å². The number of nitrogens with zero attached hydrogens (tertiary/aromatic N) is 1. The van der Waals surface area contributed by atoms with Gasteiger partial charge < -0.3 is 5.32 Å². The molecule has 0 aliphatic carbocycles. The van der Waals surface area contributed by atoms with E-state index in [1.807, 2.05) is 27.7 Å². The van der Waals surface area contributed by atoms with Gasteiger partial charge in [-0.1, -0.05) is 27.7 Å². The van der Waals surface area contributed by atoms with Crippen LogP contribution in [0.15, 0.2) is 0 Å². The third-order valence-corrected chi connectivity index (χ3v) is 5.75. The van der Waals surface area contributed by atoms with Gasteiger partial charge in [-0.25, -0.2) is 12.7 Å². The summed E-state index contributed by atoms with van der Waals surface area (Å²) in [5.74, 6) is 0.757. The van der Waals surface area contributed by atoms with E-state index in [-0.39, 0.29) is 11.2 Å². The first-order chi connectivity index (χ1) is 8.74. The molecule has 1 rings (SSSR count). The van der Waals surface area contributed by atoms with Crippen LogP contribution < -0.4 is 5.32 Å². The van der Waals surface area contributed by atoms with E-state index in [0.717, 1.165) is 32.4 Å². The molecule has 4 nitrogen and oxygen atoms in total. The summed E-state index contributed by atoms with van der Waals surface area (Å²) in [5.41, 5.74) is -0.182. The predicted octanol–water partition coefficient (Wildman–Crippen LogP) is 2.07. The molecule has 0 aromatic heterocycles. The maximum absolute atomic E-state index is 12.5. The van der Waals surface area contributed by atoms with Crippen molar-refractivity contribution < 1.29 is 8.42 Å². The van der Waals surface area contributed by atoms with Gasteiger partial charge in [-0.15, -0.1) is 0 Å². The molecule has 1 fully saturated rings. The Kier molecular flexibility index (Phi) is 6.27. The van der Waals surface area contributed by atoms with Gasteiger partial charge in [0.15, 0.2) is 0 Å². The average molecular weight is 290 g/mol. The summed E-state index contributed by atoms with van der Waals surface area (Å²) in [6.45, 7) is 11.4. The summed E-state index contributed by atoms with van der Waals surface area (Å²) >= 11 is 0. The van der Waals surface area contributed by atoms with Gasteiger partial charge >= 0.3 is 0 Å². The first-order valence-electron chi connectivity index (χ1n) is 7.43. The van der Waals surface area contributed by atoms with E-state index in [2.05, 4.69) is 5.32 Å². The van der Waals surface area contributed by atoms with E-state index in [9.17, 15) is 8.42 Å². The summed E-state index contributed by atoms with van der Waals surface area (Å²) in [7, 11) is -3.13. The average Bonchev–Trinajstić information content (AvgIpc) is 2.26. The molecule has 19 heavy (non-hydrogen) atoms. The molecule has 5 heteroatoms. The van der Waals surface area contributed by atoms with Crippen molar-refractivity contribution in [1.82, 2.24) is 9.62 Å². The van der Waals surface area contributed by atoms with Crippen molar-refractivity contribution in [3.63, 3.8) is 0 Å². The predicted molar refractivity (Wildman–Crippen MR) is 80.7 cm³/mol. The molecular formula is C14H30N2O2S. The standard InChI is InChI=1S/C14H30N2O2S/c1-5-10-16(11-13-6-8-15-9-7-13)19(17,18)12-14(2,3)4/h13,15H,5-12H2,1-4H3. The van der Waals surface area contributed by atoms with Crippen molar-refractivity contribution >= 4 is 10.0 Å². The van der Waals surface area contributed by atoms with Gasteiger partial charge in [-0.3, -0.25) is 0 Å². The molecule has 0 aromatic rings. The number of hydrogen-bond acceptors (Lipinski definition) is 3. The van der Waals surface area contributed by atoms with Crippen molar-refractivity contribution in [3.05, 3.63) is 0 Å². The third kappa shape index (κ3) is 6.23. The minimum Gasteiger partial charge on any atom is -0.317 e. The Labute approximate surface area is 119 Å². The maximum Gasteiger partial charge on any atom is 0.214 e. The Morgan fingerprint density at radius 2 is 1.79 bits per heavy atom. The normalized spacial score (nSPS) is 19.0. The van der Waals surface area contributed by atoms with Crippen LogP contribution in [-0.4, -0.2) is 44.7 Å². The van der Waals surface area contributed by atoms with Gasteiger partial charge in [-0.05, 0) is 43.7 Å². The fourth-order valence-corrected chi connectivity index (χ4v) is 4.76. The van der Waals surface area contributed by atoms with Gasteiger partial charge in [0.05, 0.1) is 5.75 Å². The minimum absolute atomic E-state index is 0.182. The number of sulfonamides is 1. The van der Waals surface area contributed by atoms with Crippen LogP contribution in [0.1, 0.15) is 47.0 Å². The van der Waals surface area contributed by atoms with Crippen LogP contribution in [0.2, 0.25) is 0 Å². The smallest absolute Gasteiger partial charge is 0.214 e. The molecular weight excluding hydrogens is 260 g/mol. The molecule has 114 valence electrons. The van der Waals surface area contributed by atoms with Crippen LogP contribution in [0.3, 0.4) is 0 Å². The largest absolute Gasteiger partial charge is 0.317 e. The lowest BCUT2D eigenvalue weighted by Crippen LogP contribution is -2.42. The van der Waals surface area contributed by atoms with Crippen LogP contribution in [0.4, 0.5) is 0 Å². The topological polar surface area (TPSA) is 49.4 Å². The third-order valence-electron chi connectivity index (χ3n) is 3.40. The van der Waals surface area contributed by atoms with Crippen molar-refractivity contribution in [1.29, 1.82) is 0 Å². The number of nitrogens with one attached hydrogen (secondary N) is 1. The fourth-order valence-electron chi connectivity index (χ4n) is 2.58. The van der Waals surface area contributed by atoms with Gasteiger partial charge in [0.2, 0.25) is 10.0 Å². The lowest BCUT2D eigenvalue weighted by molar-refractivity contribution is 0.285. The highest BCUT2D eigenvalue weighted by molar-refractivity contribution is 7.89. The molecule has 0 aromatic carbocycles. The first-order valence-corrected chi connectivity index (χ1v) is 9.04. The summed E-state index contributed by atoms with van der Waals surface area (Å²) in [6.07, 6.45) is 3.06. The van der Waals surface area contributed by atoms with Crippen LogP contribution in [0.25, 0.3) is 0 Å². The molecule has 0 atom stereocenters. The van der Waals surface area contributed by atoms with E-state index in [0.29, 0.717) is 19.0 Å². The molecule has 1 saturated heterocycles. The Morgan fingerprint density at radius 1 is 1.21 bits per heavy atom. The Balaban J connectivity index is 2.69. The summed E-state index contributed by atoms with van der Waals surface area (Å²) in [5, 5.41) is 3.33. The Bertz CT molecular complexity index is 354. The lowest BCUT2D eigenvalue weighted by Gasteiger charge is -2.31. The molecule has 1 N–H and O–H groups in total. The van der Waals surface area contributed by atoms with Crippen LogP contribution >= 0.6 is 0 Å². The first kappa shape index (κ1) is 16.9. The van der Waals surface area contributed by atoms with Crippen LogP contribution in [-0.2, 0) is 10.0 Å². The van der Waals surface area contributed by atoms with E-state index >= 15 is 0 Å². The van der Waals surface area contributed by atoms with E-state index < -0.39 is 10.0 Å². The van der Waals surface area contributed by atoms with Crippen molar-refractivity contribution in [3.8, 4) is 0 Å². The summed E-state index contributed by atoms with van der Waals surface area (Å²) in [4.78, 5) is 0. The fraction of sp³-hybridized carbons (Fsp3) is 1.00. The van der Waals surface area contributed by atoms with Gasteiger partial charge in [0.25, 0.3) is 0 Å². The van der Waals surface area contributed by atoms with E-state index in [4.69, 9.17) is 0 Å². The summed E-state index contributed by atoms with van der Waals surface area (Å²) in [6, 6.07) is 0. The molecule has 0 spiro atoms. The molecule has 1 heterocycles. The zero-order valence-electron chi connectivity index (χ0n) is 12.9. The molecule has 0 saturated carbocycles. The minimum atomic E-state index is -3.13. The second kappa shape index (κ2) is 7.04. The number of piperidine rings is 1. The lowest BCUT2D eigenvalue weighted by atomic mass is 9.98. The molecule has 0 unspecified atom stereocenters. The maximum atomic E-state index is 12.5. The summed E-state index contributed by atoms with van der Waals surface area (Å²) < 4.78 is 26.8. The van der Waals surface area contributed by atoms with Gasteiger partial charge in [0.1, 0.15) is 0 Å². The number of rotatable bonds is 6. The molecule has 0 radical (unpaired) electrons. The SMILES string of the molecule is CCCN(CC1CCNCC1)S(=O)(=O)CC(C)(C)C. The highest BCUT2D eigenvalue weighted by atomic mass is 32.2. The van der Waals surface area contributed by atoms with Gasteiger partial charge in [-0.2, -0.15) is 0 Å². The zero-order valence-corrected chi connectivity index (χ0v) is 13.7. The monoisotopic (exact) mass is 290 g/mol. The quantitative estimate of drug-likeness (QED) is 0.815. The van der Waals surface area contributed by atoms with Crippen LogP contribution in [0, 0.1) is 11.3 Å². The Hall–Kier alpha value is -0.130. The highest BCUT2D eigenvalue weighted by Crippen LogP contribution is 2.22. The molecule has 1 aliphatic heterocycles. The number of hydrogen-bond donors (Lipinski definition) is 1. The highest BCUT2D eigenvalue weighted by Gasteiger charge is 2.29. The van der Waals surface area contributed by atoms with Crippen molar-refractivity contribution in [2.45, 2.75) is 47.0 Å². The Morgan fingerprint density at radius 3 is 2.26 bits per heavy atom. The van der Waals surface area contributed by atoms with Crippen LogP contribution in [0.5, 0.6) is 0 Å².